The summed E-state index contributed by atoms with van der Waals surface area (Å²) in [6.07, 6.45) is 0. The van der Waals surface area contributed by atoms with E-state index in [4.69, 9.17) is 9.26 Å². The van der Waals surface area contributed by atoms with E-state index in [2.05, 4.69) is 26.1 Å². The van der Waals surface area contributed by atoms with Crippen LogP contribution in [0.5, 0.6) is 5.75 Å². The second-order valence-corrected chi connectivity index (χ2v) is 5.54. The van der Waals surface area contributed by atoms with Crippen LogP contribution in [-0.2, 0) is 6.61 Å². The van der Waals surface area contributed by atoms with Gasteiger partial charge in [0.05, 0.1) is 0 Å². The Kier molecular flexibility index (Phi) is 4.01. The molecule has 1 heterocycles. The van der Waals surface area contributed by atoms with E-state index in [0.717, 1.165) is 21.3 Å². The lowest BCUT2D eigenvalue weighted by atomic mass is 10.2. The fourth-order valence-electron chi connectivity index (χ4n) is 1.88. The zero-order valence-electron chi connectivity index (χ0n) is 11.4. The predicted molar refractivity (Wildman–Crippen MR) is 82.9 cm³/mol. The zero-order chi connectivity index (χ0) is 14.7. The van der Waals surface area contributed by atoms with E-state index in [9.17, 15) is 0 Å². The Bertz CT molecular complexity index is 738. The van der Waals surface area contributed by atoms with Gasteiger partial charge in [-0.1, -0.05) is 33.2 Å². The molecule has 0 radical (unpaired) electrons. The van der Waals surface area contributed by atoms with Gasteiger partial charge in [-0.25, -0.2) is 0 Å². The minimum Gasteiger partial charge on any atom is -0.484 e. The van der Waals surface area contributed by atoms with Gasteiger partial charge in [-0.05, 0) is 48.9 Å². The van der Waals surface area contributed by atoms with Crippen LogP contribution in [0.25, 0.3) is 11.4 Å². The van der Waals surface area contributed by atoms with Crippen molar-refractivity contribution in [3.63, 3.8) is 0 Å². The molecular weight excluding hydrogens is 332 g/mol. The summed E-state index contributed by atoms with van der Waals surface area (Å²) in [5, 5.41) is 3.96. The zero-order valence-corrected chi connectivity index (χ0v) is 13.0. The Morgan fingerprint density at radius 1 is 1.14 bits per heavy atom. The molecule has 2 aromatic carbocycles. The van der Waals surface area contributed by atoms with Gasteiger partial charge in [0.1, 0.15) is 5.75 Å². The van der Waals surface area contributed by atoms with Crippen molar-refractivity contribution in [1.29, 1.82) is 0 Å². The van der Waals surface area contributed by atoms with Crippen molar-refractivity contribution < 1.29 is 9.26 Å². The number of hydrogen-bond donors (Lipinski definition) is 0. The average Bonchev–Trinajstić information content (AvgIpc) is 2.95. The Morgan fingerprint density at radius 2 is 1.95 bits per heavy atom. The summed E-state index contributed by atoms with van der Waals surface area (Å²) in [6.45, 7) is 2.28. The molecule has 5 heteroatoms. The molecule has 0 atom stereocenters. The van der Waals surface area contributed by atoms with Gasteiger partial charge in [-0.2, -0.15) is 4.98 Å². The van der Waals surface area contributed by atoms with Gasteiger partial charge < -0.3 is 9.26 Å². The molecule has 3 aromatic rings. The molecule has 0 unspecified atom stereocenters. The monoisotopic (exact) mass is 344 g/mol. The third-order valence-electron chi connectivity index (χ3n) is 2.92. The van der Waals surface area contributed by atoms with Crippen LogP contribution in [0.15, 0.2) is 57.5 Å². The van der Waals surface area contributed by atoms with Crippen LogP contribution >= 0.6 is 15.9 Å². The van der Waals surface area contributed by atoms with Crippen molar-refractivity contribution in [2.24, 2.45) is 0 Å². The van der Waals surface area contributed by atoms with Crippen LogP contribution in [0.1, 0.15) is 11.5 Å². The lowest BCUT2D eigenvalue weighted by Crippen LogP contribution is -1.95. The molecule has 0 aliphatic carbocycles. The SMILES string of the molecule is Cc1cccc(OCc2nc(-c3ccc(Br)cc3)no2)c1. The molecule has 0 bridgehead atoms. The summed E-state index contributed by atoms with van der Waals surface area (Å²) in [5.41, 5.74) is 2.05. The van der Waals surface area contributed by atoms with E-state index in [1.54, 1.807) is 0 Å². The van der Waals surface area contributed by atoms with Crippen molar-refractivity contribution in [3.8, 4) is 17.1 Å². The highest BCUT2D eigenvalue weighted by Gasteiger charge is 2.09. The van der Waals surface area contributed by atoms with Gasteiger partial charge in [0.2, 0.25) is 5.82 Å². The molecule has 0 saturated heterocycles. The van der Waals surface area contributed by atoms with E-state index in [0.29, 0.717) is 11.7 Å². The van der Waals surface area contributed by atoms with Crippen LogP contribution in [0.2, 0.25) is 0 Å². The van der Waals surface area contributed by atoms with Crippen LogP contribution < -0.4 is 4.74 Å². The number of rotatable bonds is 4. The maximum Gasteiger partial charge on any atom is 0.264 e. The normalized spacial score (nSPS) is 10.6. The molecule has 0 aliphatic heterocycles. The molecule has 0 aliphatic rings. The number of benzene rings is 2. The molecule has 0 N–H and O–H groups in total. The summed E-state index contributed by atoms with van der Waals surface area (Å²) in [4.78, 5) is 4.33. The largest absolute Gasteiger partial charge is 0.484 e. The van der Waals surface area contributed by atoms with E-state index in [1.165, 1.54) is 0 Å². The second-order valence-electron chi connectivity index (χ2n) is 4.62. The van der Waals surface area contributed by atoms with E-state index in [1.807, 2.05) is 55.5 Å². The molecule has 0 amide bonds. The predicted octanol–water partition coefficient (Wildman–Crippen LogP) is 4.39. The first-order valence-electron chi connectivity index (χ1n) is 6.49. The summed E-state index contributed by atoms with van der Waals surface area (Å²) in [6, 6.07) is 15.6. The van der Waals surface area contributed by atoms with E-state index < -0.39 is 0 Å². The van der Waals surface area contributed by atoms with Crippen molar-refractivity contribution in [3.05, 3.63) is 64.5 Å². The van der Waals surface area contributed by atoms with Gasteiger partial charge in [-0.3, -0.25) is 0 Å². The smallest absolute Gasteiger partial charge is 0.264 e. The first kappa shape index (κ1) is 13.8. The van der Waals surface area contributed by atoms with Gasteiger partial charge in [0.15, 0.2) is 6.61 Å². The molecule has 3 rings (SSSR count). The topological polar surface area (TPSA) is 48.2 Å². The summed E-state index contributed by atoms with van der Waals surface area (Å²) < 4.78 is 11.9. The molecule has 1 aromatic heterocycles. The number of ether oxygens (including phenoxy) is 1. The van der Waals surface area contributed by atoms with Gasteiger partial charge in [-0.15, -0.1) is 0 Å². The van der Waals surface area contributed by atoms with Crippen LogP contribution in [0.4, 0.5) is 0 Å². The lowest BCUT2D eigenvalue weighted by Gasteiger charge is -2.03. The number of aryl methyl sites for hydroxylation is 1. The van der Waals surface area contributed by atoms with Crippen LogP contribution in [0, 0.1) is 6.92 Å². The van der Waals surface area contributed by atoms with Crippen LogP contribution in [-0.4, -0.2) is 10.1 Å². The summed E-state index contributed by atoms with van der Waals surface area (Å²) in [7, 11) is 0. The highest BCUT2D eigenvalue weighted by molar-refractivity contribution is 9.10. The molecule has 21 heavy (non-hydrogen) atoms. The van der Waals surface area contributed by atoms with Gasteiger partial charge in [0, 0.05) is 10.0 Å². The number of hydrogen-bond acceptors (Lipinski definition) is 4. The Morgan fingerprint density at radius 3 is 2.71 bits per heavy atom. The molecule has 0 saturated carbocycles. The summed E-state index contributed by atoms with van der Waals surface area (Å²) in [5.74, 6) is 1.80. The quantitative estimate of drug-likeness (QED) is 0.704. The van der Waals surface area contributed by atoms with Crippen molar-refractivity contribution in [2.75, 3.05) is 0 Å². The highest BCUT2D eigenvalue weighted by atomic mass is 79.9. The summed E-state index contributed by atoms with van der Waals surface area (Å²) >= 11 is 3.40. The number of nitrogens with zero attached hydrogens (tertiary/aromatic N) is 2. The maximum absolute atomic E-state index is 5.64. The Balaban J connectivity index is 1.69. The van der Waals surface area contributed by atoms with Crippen molar-refractivity contribution in [1.82, 2.24) is 10.1 Å². The first-order valence-corrected chi connectivity index (χ1v) is 7.28. The van der Waals surface area contributed by atoms with Crippen molar-refractivity contribution >= 4 is 15.9 Å². The average molecular weight is 345 g/mol. The maximum atomic E-state index is 5.64. The molecule has 106 valence electrons. The molecular formula is C16H13BrN2O2. The second kappa shape index (κ2) is 6.10. The Hall–Kier alpha value is -2.14. The molecule has 4 nitrogen and oxygen atoms in total. The third kappa shape index (κ3) is 3.49. The van der Waals surface area contributed by atoms with Gasteiger partial charge in [0.25, 0.3) is 5.89 Å². The van der Waals surface area contributed by atoms with E-state index in [-0.39, 0.29) is 6.61 Å². The van der Waals surface area contributed by atoms with Gasteiger partial charge >= 0.3 is 0 Å². The third-order valence-corrected chi connectivity index (χ3v) is 3.45. The highest BCUT2D eigenvalue weighted by Crippen LogP contribution is 2.20. The molecule has 0 spiro atoms. The number of halogens is 1. The number of aromatic nitrogens is 2. The minimum atomic E-state index is 0.257. The van der Waals surface area contributed by atoms with Crippen LogP contribution in [0.3, 0.4) is 0 Å². The first-order chi connectivity index (χ1) is 10.2. The fraction of sp³-hybridized carbons (Fsp3) is 0.125. The lowest BCUT2D eigenvalue weighted by molar-refractivity contribution is 0.243. The molecule has 0 fully saturated rings. The Labute approximate surface area is 130 Å². The van der Waals surface area contributed by atoms with E-state index >= 15 is 0 Å². The van der Waals surface area contributed by atoms with Crippen molar-refractivity contribution in [2.45, 2.75) is 13.5 Å². The fourth-order valence-corrected chi connectivity index (χ4v) is 2.14. The standard InChI is InChI=1S/C16H13BrN2O2/c1-11-3-2-4-14(9-11)20-10-15-18-16(19-21-15)12-5-7-13(17)8-6-12/h2-9H,10H2,1H3. The minimum absolute atomic E-state index is 0.257.